The van der Waals surface area contributed by atoms with Gasteiger partial charge in [0.05, 0.1) is 6.04 Å². The van der Waals surface area contributed by atoms with E-state index in [1.54, 1.807) is 11.3 Å². The summed E-state index contributed by atoms with van der Waals surface area (Å²) in [5.41, 5.74) is 2.09. The average Bonchev–Trinajstić information content (AvgIpc) is 3.04. The van der Waals surface area contributed by atoms with E-state index in [1.165, 1.54) is 36.1 Å². The summed E-state index contributed by atoms with van der Waals surface area (Å²) in [5, 5.41) is 5.32. The van der Waals surface area contributed by atoms with Crippen LogP contribution in [0.25, 0.3) is 0 Å². The number of hydrogen-bond donors (Lipinski definition) is 1. The number of amides is 1. The van der Waals surface area contributed by atoms with E-state index in [2.05, 4.69) is 60.6 Å². The molecule has 0 radical (unpaired) electrons. The lowest BCUT2D eigenvalue weighted by molar-refractivity contribution is 0.0934. The van der Waals surface area contributed by atoms with E-state index in [0.29, 0.717) is 6.54 Å². The predicted molar refractivity (Wildman–Crippen MR) is 115 cm³/mol. The van der Waals surface area contributed by atoms with Crippen molar-refractivity contribution in [3.63, 3.8) is 0 Å². The minimum absolute atomic E-state index is 0.0202. The average molecular weight is 385 g/mol. The van der Waals surface area contributed by atoms with Crippen molar-refractivity contribution < 1.29 is 4.79 Å². The van der Waals surface area contributed by atoms with Crippen molar-refractivity contribution >= 4 is 17.2 Å². The van der Waals surface area contributed by atoms with E-state index < -0.39 is 0 Å². The first-order valence-corrected chi connectivity index (χ1v) is 11.0. The van der Waals surface area contributed by atoms with Gasteiger partial charge in [-0.3, -0.25) is 9.69 Å². The zero-order chi connectivity index (χ0) is 19.3. The van der Waals surface area contributed by atoms with Crippen LogP contribution in [0.5, 0.6) is 0 Å². The number of nitrogens with zero attached hydrogens (tertiary/aromatic N) is 1. The number of rotatable bonds is 5. The molecule has 0 saturated carbocycles. The number of nitrogens with one attached hydrogen (secondary N) is 1. The maximum Gasteiger partial charge on any atom is 0.251 e. The van der Waals surface area contributed by atoms with Gasteiger partial charge in [0.2, 0.25) is 0 Å². The van der Waals surface area contributed by atoms with Gasteiger partial charge in [0.15, 0.2) is 0 Å². The molecule has 1 aromatic heterocycles. The third-order valence-electron chi connectivity index (χ3n) is 5.42. The Labute approximate surface area is 167 Å². The molecule has 3 rings (SSSR count). The van der Waals surface area contributed by atoms with Crippen LogP contribution in [0.2, 0.25) is 0 Å². The second kappa shape index (κ2) is 9.03. The standard InChI is InChI=1S/C23H32N2OS/c1-23(2,3)19-12-10-18(11-13-19)22(26)24-17-20(21-9-8-16-27-21)25-14-6-4-5-7-15-25/h8-13,16,20H,4-7,14-15,17H2,1-3H3,(H,24,26)/t20-/m1/s1. The topological polar surface area (TPSA) is 32.3 Å². The highest BCUT2D eigenvalue weighted by Crippen LogP contribution is 2.27. The van der Waals surface area contributed by atoms with E-state index in [0.717, 1.165) is 18.7 Å². The molecule has 146 valence electrons. The van der Waals surface area contributed by atoms with Crippen molar-refractivity contribution in [2.24, 2.45) is 0 Å². The van der Waals surface area contributed by atoms with Crippen molar-refractivity contribution in [2.45, 2.75) is 57.9 Å². The zero-order valence-electron chi connectivity index (χ0n) is 16.8. The lowest BCUT2D eigenvalue weighted by atomic mass is 9.87. The monoisotopic (exact) mass is 384 g/mol. The summed E-state index contributed by atoms with van der Waals surface area (Å²) < 4.78 is 0. The summed E-state index contributed by atoms with van der Waals surface area (Å²) in [6.07, 6.45) is 5.15. The van der Waals surface area contributed by atoms with Gasteiger partial charge in [0, 0.05) is 17.0 Å². The van der Waals surface area contributed by atoms with Gasteiger partial charge in [0.25, 0.3) is 5.91 Å². The fraction of sp³-hybridized carbons (Fsp3) is 0.522. The molecule has 1 atom stereocenters. The number of likely N-dealkylation sites (tertiary alicyclic amines) is 1. The first kappa shape index (κ1) is 20.1. The van der Waals surface area contributed by atoms with Gasteiger partial charge in [-0.05, 0) is 60.5 Å². The lowest BCUT2D eigenvalue weighted by Gasteiger charge is -2.30. The zero-order valence-corrected chi connectivity index (χ0v) is 17.6. The Balaban J connectivity index is 1.66. The third-order valence-corrected chi connectivity index (χ3v) is 6.40. The first-order valence-electron chi connectivity index (χ1n) is 10.1. The van der Waals surface area contributed by atoms with Crippen molar-refractivity contribution in [2.75, 3.05) is 19.6 Å². The van der Waals surface area contributed by atoms with Gasteiger partial charge < -0.3 is 5.32 Å². The highest BCUT2D eigenvalue weighted by atomic mass is 32.1. The molecule has 2 heterocycles. The summed E-state index contributed by atoms with van der Waals surface area (Å²) in [4.78, 5) is 16.6. The Morgan fingerprint density at radius 1 is 1.07 bits per heavy atom. The molecule has 1 fully saturated rings. The van der Waals surface area contributed by atoms with E-state index in [4.69, 9.17) is 0 Å². The Morgan fingerprint density at radius 3 is 2.30 bits per heavy atom. The van der Waals surface area contributed by atoms with Crippen LogP contribution in [-0.4, -0.2) is 30.4 Å². The molecule has 0 bridgehead atoms. The van der Waals surface area contributed by atoms with Crippen LogP contribution in [0.3, 0.4) is 0 Å². The van der Waals surface area contributed by atoms with E-state index in [1.807, 2.05) is 12.1 Å². The van der Waals surface area contributed by atoms with Gasteiger partial charge in [-0.2, -0.15) is 0 Å². The van der Waals surface area contributed by atoms with Gasteiger partial charge >= 0.3 is 0 Å². The molecule has 1 amide bonds. The van der Waals surface area contributed by atoms with Gasteiger partial charge in [-0.15, -0.1) is 11.3 Å². The molecule has 0 spiro atoms. The second-order valence-corrected chi connectivity index (χ2v) is 9.50. The quantitative estimate of drug-likeness (QED) is 0.749. The Bertz CT molecular complexity index is 708. The van der Waals surface area contributed by atoms with Gasteiger partial charge in [-0.25, -0.2) is 0 Å². The van der Waals surface area contributed by atoms with Crippen LogP contribution in [0.4, 0.5) is 0 Å². The van der Waals surface area contributed by atoms with Crippen molar-refractivity contribution in [3.8, 4) is 0 Å². The summed E-state index contributed by atoms with van der Waals surface area (Å²) >= 11 is 1.79. The number of carbonyl (C=O) groups excluding carboxylic acids is 1. The molecule has 0 aliphatic carbocycles. The predicted octanol–water partition coefficient (Wildman–Crippen LogP) is 5.39. The molecule has 1 N–H and O–H groups in total. The highest BCUT2D eigenvalue weighted by molar-refractivity contribution is 7.10. The van der Waals surface area contributed by atoms with E-state index in [-0.39, 0.29) is 17.4 Å². The minimum atomic E-state index is 0.0202. The fourth-order valence-corrected chi connectivity index (χ4v) is 4.57. The van der Waals surface area contributed by atoms with Crippen molar-refractivity contribution in [3.05, 3.63) is 57.8 Å². The van der Waals surface area contributed by atoms with Gasteiger partial charge in [-0.1, -0.05) is 51.8 Å². The lowest BCUT2D eigenvalue weighted by Crippen LogP contribution is -2.38. The molecular formula is C23H32N2OS. The number of thiophene rings is 1. The minimum Gasteiger partial charge on any atom is -0.350 e. The summed E-state index contributed by atoms with van der Waals surface area (Å²) in [5.74, 6) is 0.0202. The molecule has 4 heteroatoms. The Morgan fingerprint density at radius 2 is 1.74 bits per heavy atom. The van der Waals surface area contributed by atoms with Crippen molar-refractivity contribution in [1.82, 2.24) is 10.2 Å². The molecule has 2 aromatic rings. The normalized spacial score (nSPS) is 17.3. The molecule has 1 aliphatic heterocycles. The SMILES string of the molecule is CC(C)(C)c1ccc(C(=O)NC[C@H](c2cccs2)N2CCCCCC2)cc1. The van der Waals surface area contributed by atoms with Crippen molar-refractivity contribution in [1.29, 1.82) is 0 Å². The molecule has 1 saturated heterocycles. The maximum atomic E-state index is 12.7. The maximum absolute atomic E-state index is 12.7. The van der Waals surface area contributed by atoms with Crippen LogP contribution in [0.15, 0.2) is 41.8 Å². The molecule has 1 aliphatic rings. The van der Waals surface area contributed by atoms with Crippen LogP contribution in [-0.2, 0) is 5.41 Å². The van der Waals surface area contributed by atoms with Crippen LogP contribution in [0.1, 0.15) is 73.3 Å². The van der Waals surface area contributed by atoms with E-state index >= 15 is 0 Å². The molecule has 1 aromatic carbocycles. The first-order chi connectivity index (χ1) is 12.9. The van der Waals surface area contributed by atoms with Crippen LogP contribution >= 0.6 is 11.3 Å². The largest absolute Gasteiger partial charge is 0.350 e. The molecule has 0 unspecified atom stereocenters. The van der Waals surface area contributed by atoms with Gasteiger partial charge in [0.1, 0.15) is 0 Å². The number of carbonyl (C=O) groups is 1. The number of hydrogen-bond acceptors (Lipinski definition) is 3. The molecule has 3 nitrogen and oxygen atoms in total. The van der Waals surface area contributed by atoms with E-state index in [9.17, 15) is 4.79 Å². The third kappa shape index (κ3) is 5.43. The Kier molecular flexibility index (Phi) is 6.72. The van der Waals surface area contributed by atoms with Crippen LogP contribution < -0.4 is 5.32 Å². The Hall–Kier alpha value is -1.65. The second-order valence-electron chi connectivity index (χ2n) is 8.52. The number of benzene rings is 1. The summed E-state index contributed by atoms with van der Waals surface area (Å²) in [6, 6.07) is 12.6. The smallest absolute Gasteiger partial charge is 0.251 e. The molecule has 27 heavy (non-hydrogen) atoms. The summed E-state index contributed by atoms with van der Waals surface area (Å²) in [6.45, 7) is 9.48. The summed E-state index contributed by atoms with van der Waals surface area (Å²) in [7, 11) is 0. The van der Waals surface area contributed by atoms with Crippen LogP contribution in [0, 0.1) is 0 Å². The molecular weight excluding hydrogens is 352 g/mol. The fourth-order valence-electron chi connectivity index (χ4n) is 3.71. The highest BCUT2D eigenvalue weighted by Gasteiger charge is 2.23.